The first-order valence-electron chi connectivity index (χ1n) is 13.9. The zero-order chi connectivity index (χ0) is 26.8. The van der Waals surface area contributed by atoms with Crippen LogP contribution in [0, 0.1) is 17.7 Å². The fourth-order valence-electron chi connectivity index (χ4n) is 5.67. The number of rotatable bonds is 10. The number of unbranched alkanes of at least 4 members (excludes halogenated alkanes) is 1. The number of phenols is 1. The number of fused-ring (bicyclic) bond motifs is 1. The van der Waals surface area contributed by atoms with Gasteiger partial charge in [0.15, 0.2) is 17.3 Å². The van der Waals surface area contributed by atoms with E-state index in [4.69, 9.17) is 11.6 Å². The SMILES string of the molecule is CCCCN(C)C[C@H]1CC[C@H](Nc2c(C(=O)C3CC3)cnc3ccc(-c4cc(F)c(O)c(Cl)c4)cc23)CC1. The number of ketones is 1. The van der Waals surface area contributed by atoms with Crippen molar-refractivity contribution in [3.05, 3.63) is 52.9 Å². The molecule has 0 amide bonds. The Morgan fingerprint density at radius 1 is 1.13 bits per heavy atom. The molecule has 2 aliphatic rings. The third kappa shape index (κ3) is 5.97. The Balaban J connectivity index is 1.43. The second kappa shape index (κ2) is 11.6. The molecule has 7 heteroatoms. The third-order valence-corrected chi connectivity index (χ3v) is 8.38. The van der Waals surface area contributed by atoms with E-state index in [1.807, 2.05) is 18.2 Å². The van der Waals surface area contributed by atoms with Crippen LogP contribution in [-0.2, 0) is 0 Å². The summed E-state index contributed by atoms with van der Waals surface area (Å²) in [6.07, 6.45) is 10.5. The molecule has 2 N–H and O–H groups in total. The molecule has 2 fully saturated rings. The van der Waals surface area contributed by atoms with Crippen LogP contribution in [0.3, 0.4) is 0 Å². The fraction of sp³-hybridized carbons (Fsp3) is 0.484. The van der Waals surface area contributed by atoms with Gasteiger partial charge in [-0.1, -0.05) is 31.0 Å². The molecule has 1 aromatic heterocycles. The minimum atomic E-state index is -0.765. The van der Waals surface area contributed by atoms with E-state index in [0.29, 0.717) is 17.0 Å². The van der Waals surface area contributed by atoms with Gasteiger partial charge < -0.3 is 15.3 Å². The van der Waals surface area contributed by atoms with Gasteiger partial charge in [0.1, 0.15) is 0 Å². The van der Waals surface area contributed by atoms with Gasteiger partial charge in [0.05, 0.1) is 21.8 Å². The van der Waals surface area contributed by atoms with Crippen molar-refractivity contribution in [1.29, 1.82) is 0 Å². The zero-order valence-electron chi connectivity index (χ0n) is 22.3. The number of benzene rings is 2. The molecule has 2 aliphatic carbocycles. The van der Waals surface area contributed by atoms with E-state index in [9.17, 15) is 14.3 Å². The highest BCUT2D eigenvalue weighted by Crippen LogP contribution is 2.40. The maximum Gasteiger partial charge on any atom is 0.170 e. The van der Waals surface area contributed by atoms with Crippen LogP contribution in [0.2, 0.25) is 5.02 Å². The summed E-state index contributed by atoms with van der Waals surface area (Å²) < 4.78 is 14.3. The molecule has 0 saturated heterocycles. The number of hydrogen-bond donors (Lipinski definition) is 2. The summed E-state index contributed by atoms with van der Waals surface area (Å²) in [6, 6.07) is 8.82. The highest BCUT2D eigenvalue weighted by molar-refractivity contribution is 6.32. The largest absolute Gasteiger partial charge is 0.504 e. The Morgan fingerprint density at radius 3 is 2.58 bits per heavy atom. The predicted octanol–water partition coefficient (Wildman–Crippen LogP) is 7.70. The molecular weight excluding hydrogens is 501 g/mol. The van der Waals surface area contributed by atoms with Crippen LogP contribution in [0.15, 0.2) is 36.5 Å². The molecule has 5 rings (SSSR count). The van der Waals surface area contributed by atoms with Crippen LogP contribution in [0.25, 0.3) is 22.0 Å². The topological polar surface area (TPSA) is 65.5 Å². The minimum Gasteiger partial charge on any atom is -0.504 e. The number of halogens is 2. The molecule has 202 valence electrons. The smallest absolute Gasteiger partial charge is 0.170 e. The second-order valence-corrected chi connectivity index (χ2v) is 11.6. The van der Waals surface area contributed by atoms with Crippen molar-refractivity contribution in [2.45, 2.75) is 64.3 Å². The van der Waals surface area contributed by atoms with Crippen LogP contribution in [-0.4, -0.2) is 47.0 Å². The molecule has 38 heavy (non-hydrogen) atoms. The summed E-state index contributed by atoms with van der Waals surface area (Å²) >= 11 is 6.06. The Hall–Kier alpha value is -2.70. The first kappa shape index (κ1) is 26.9. The fourth-order valence-corrected chi connectivity index (χ4v) is 5.87. The van der Waals surface area contributed by atoms with E-state index in [0.717, 1.165) is 60.9 Å². The van der Waals surface area contributed by atoms with Crippen molar-refractivity contribution < 1.29 is 14.3 Å². The Kier molecular flexibility index (Phi) is 8.20. The van der Waals surface area contributed by atoms with Gasteiger partial charge in [0, 0.05) is 30.1 Å². The zero-order valence-corrected chi connectivity index (χ0v) is 23.0. The molecule has 0 unspecified atom stereocenters. The van der Waals surface area contributed by atoms with Crippen LogP contribution >= 0.6 is 11.6 Å². The molecule has 1 heterocycles. The molecule has 0 spiro atoms. The van der Waals surface area contributed by atoms with E-state index in [1.165, 1.54) is 31.7 Å². The normalized spacial score (nSPS) is 19.7. The Bertz CT molecular complexity index is 1290. The number of phenolic OH excluding ortho intramolecular Hbond substituents is 1. The van der Waals surface area contributed by atoms with E-state index >= 15 is 0 Å². The van der Waals surface area contributed by atoms with Gasteiger partial charge >= 0.3 is 0 Å². The maximum absolute atomic E-state index is 14.3. The Labute approximate surface area is 229 Å². The third-order valence-electron chi connectivity index (χ3n) is 8.09. The summed E-state index contributed by atoms with van der Waals surface area (Å²) in [7, 11) is 2.23. The average molecular weight is 538 g/mol. The number of hydrogen-bond acceptors (Lipinski definition) is 5. The number of nitrogens with zero attached hydrogens (tertiary/aromatic N) is 2. The van der Waals surface area contributed by atoms with E-state index in [1.54, 1.807) is 12.3 Å². The number of carbonyl (C=O) groups excluding carboxylic acids is 1. The average Bonchev–Trinajstić information content (AvgIpc) is 3.76. The molecule has 0 radical (unpaired) electrons. The van der Waals surface area contributed by atoms with Crippen LogP contribution < -0.4 is 5.32 Å². The van der Waals surface area contributed by atoms with Crippen LogP contribution in [0.1, 0.15) is 68.6 Å². The quantitative estimate of drug-likeness (QED) is 0.259. The molecular formula is C31H37ClFN3O2. The lowest BCUT2D eigenvalue weighted by Gasteiger charge is -2.32. The summed E-state index contributed by atoms with van der Waals surface area (Å²) in [6.45, 7) is 4.53. The lowest BCUT2D eigenvalue weighted by atomic mass is 9.85. The first-order chi connectivity index (χ1) is 18.3. The highest BCUT2D eigenvalue weighted by atomic mass is 35.5. The van der Waals surface area contributed by atoms with Gasteiger partial charge in [-0.05, 0) is 99.8 Å². The highest BCUT2D eigenvalue weighted by Gasteiger charge is 2.33. The number of nitrogens with one attached hydrogen (secondary N) is 1. The number of anilines is 1. The van der Waals surface area contributed by atoms with Crippen molar-refractivity contribution >= 4 is 34.0 Å². The number of Topliss-reactive ketones (excluding diaryl/α,β-unsaturated/α-hetero) is 1. The standard InChI is InChI=1S/C31H37ClFN3O2/c1-3-4-13-36(2)18-19-5-10-23(11-6-19)35-29-24-14-21(22-15-26(32)31(38)27(33)16-22)9-12-28(24)34-17-25(29)30(37)20-7-8-20/h9,12,14-17,19-20,23,38H,3-8,10-11,13,18H2,1-2H3,(H,34,35)/t19-,23-. The van der Waals surface area contributed by atoms with Gasteiger partial charge in [0.25, 0.3) is 0 Å². The summed E-state index contributed by atoms with van der Waals surface area (Å²) in [5, 5.41) is 14.3. The van der Waals surface area contributed by atoms with Gasteiger partial charge in [-0.3, -0.25) is 9.78 Å². The maximum atomic E-state index is 14.3. The number of aromatic nitrogens is 1. The monoisotopic (exact) mass is 537 g/mol. The number of carbonyl (C=O) groups is 1. The van der Waals surface area contributed by atoms with E-state index < -0.39 is 11.6 Å². The van der Waals surface area contributed by atoms with Gasteiger partial charge in [0.2, 0.25) is 0 Å². The molecule has 2 saturated carbocycles. The van der Waals surface area contributed by atoms with E-state index in [-0.39, 0.29) is 22.8 Å². The summed E-state index contributed by atoms with van der Waals surface area (Å²) in [5.41, 5.74) is 3.57. The lowest BCUT2D eigenvalue weighted by Crippen LogP contribution is -2.33. The molecule has 0 atom stereocenters. The van der Waals surface area contributed by atoms with Gasteiger partial charge in [-0.2, -0.15) is 0 Å². The van der Waals surface area contributed by atoms with Crippen LogP contribution in [0.5, 0.6) is 5.75 Å². The molecule has 0 bridgehead atoms. The predicted molar refractivity (Wildman–Crippen MR) is 153 cm³/mol. The number of pyridine rings is 1. The summed E-state index contributed by atoms with van der Waals surface area (Å²) in [4.78, 5) is 20.3. The lowest BCUT2D eigenvalue weighted by molar-refractivity contribution is 0.0968. The second-order valence-electron chi connectivity index (χ2n) is 11.2. The molecule has 0 aliphatic heterocycles. The molecule has 3 aromatic rings. The van der Waals surface area contributed by atoms with Crippen molar-refractivity contribution in [3.63, 3.8) is 0 Å². The minimum absolute atomic E-state index is 0.0358. The van der Waals surface area contributed by atoms with Crippen molar-refractivity contribution in [3.8, 4) is 16.9 Å². The van der Waals surface area contributed by atoms with Crippen molar-refractivity contribution in [1.82, 2.24) is 9.88 Å². The van der Waals surface area contributed by atoms with Gasteiger partial charge in [-0.15, -0.1) is 0 Å². The van der Waals surface area contributed by atoms with Gasteiger partial charge in [-0.25, -0.2) is 4.39 Å². The van der Waals surface area contributed by atoms with Crippen molar-refractivity contribution in [2.24, 2.45) is 11.8 Å². The molecule has 2 aromatic carbocycles. The van der Waals surface area contributed by atoms with E-state index in [2.05, 4.69) is 29.2 Å². The van der Waals surface area contributed by atoms with Crippen molar-refractivity contribution in [2.75, 3.05) is 25.5 Å². The first-order valence-corrected chi connectivity index (χ1v) is 14.3. The Morgan fingerprint density at radius 2 is 1.89 bits per heavy atom. The molecule has 5 nitrogen and oxygen atoms in total. The number of aromatic hydroxyl groups is 1. The summed E-state index contributed by atoms with van der Waals surface area (Å²) in [5.74, 6) is -0.379. The van der Waals surface area contributed by atoms with Crippen LogP contribution in [0.4, 0.5) is 10.1 Å².